The molecule has 0 unspecified atom stereocenters. The molecule has 0 saturated carbocycles. The van der Waals surface area contributed by atoms with Gasteiger partial charge in [0, 0.05) is 10.9 Å². The molecule has 0 N–H and O–H groups in total. The van der Waals surface area contributed by atoms with Crippen molar-refractivity contribution in [1.29, 1.82) is 0 Å². The third kappa shape index (κ3) is 2.36. The minimum atomic E-state index is -4.33. The average Bonchev–Trinajstić information content (AvgIpc) is 2.55. The molecule has 4 rings (SSSR count). The Labute approximate surface area is 130 Å². The molecule has 4 heteroatoms. The van der Waals surface area contributed by atoms with Crippen LogP contribution in [0.25, 0.3) is 22.6 Å². The molecule has 1 nitrogen and oxygen atoms in total. The zero-order valence-electron chi connectivity index (χ0n) is 11.9. The first-order chi connectivity index (χ1) is 11.0. The lowest BCUT2D eigenvalue weighted by Gasteiger charge is -2.19. The number of rotatable bonds is 1. The first-order valence-electron chi connectivity index (χ1n) is 7.11. The van der Waals surface area contributed by atoms with Crippen molar-refractivity contribution in [1.82, 2.24) is 0 Å². The highest BCUT2D eigenvalue weighted by Crippen LogP contribution is 2.38. The molecule has 3 aromatic rings. The van der Waals surface area contributed by atoms with Crippen molar-refractivity contribution < 1.29 is 17.9 Å². The minimum absolute atomic E-state index is 0.546. The van der Waals surface area contributed by atoms with Gasteiger partial charge in [0.15, 0.2) is 0 Å². The molecule has 1 aliphatic rings. The lowest BCUT2D eigenvalue weighted by Crippen LogP contribution is -2.05. The predicted molar refractivity (Wildman–Crippen MR) is 83.9 cm³/mol. The van der Waals surface area contributed by atoms with Crippen LogP contribution in [0.3, 0.4) is 0 Å². The Morgan fingerprint density at radius 1 is 0.783 bits per heavy atom. The van der Waals surface area contributed by atoms with Gasteiger partial charge in [-0.2, -0.15) is 13.2 Å². The van der Waals surface area contributed by atoms with Crippen LogP contribution in [0.15, 0.2) is 60.7 Å². The van der Waals surface area contributed by atoms with Crippen molar-refractivity contribution in [2.75, 3.05) is 0 Å². The fraction of sp³-hybridized carbons (Fsp3) is 0.0526. The van der Waals surface area contributed by atoms with E-state index in [1.54, 1.807) is 0 Å². The van der Waals surface area contributed by atoms with E-state index in [4.69, 9.17) is 4.74 Å². The Morgan fingerprint density at radius 2 is 1.48 bits per heavy atom. The molecule has 0 atom stereocenters. The summed E-state index contributed by atoms with van der Waals surface area (Å²) in [5.41, 5.74) is 0.948. The Morgan fingerprint density at radius 3 is 2.17 bits per heavy atom. The Hall–Kier alpha value is -2.75. The third-order valence-corrected chi connectivity index (χ3v) is 3.90. The van der Waals surface area contributed by atoms with Crippen LogP contribution in [0, 0.1) is 0 Å². The van der Waals surface area contributed by atoms with Crippen LogP contribution in [0.2, 0.25) is 0 Å². The highest BCUT2D eigenvalue weighted by atomic mass is 19.4. The molecule has 1 heterocycles. The van der Waals surface area contributed by atoms with Crippen LogP contribution in [-0.4, -0.2) is 0 Å². The molecule has 1 aliphatic heterocycles. The molecule has 0 aliphatic carbocycles. The second-order valence-corrected chi connectivity index (χ2v) is 5.39. The Bertz CT molecular complexity index is 916. The number of alkyl halides is 3. The lowest BCUT2D eigenvalue weighted by molar-refractivity contribution is -0.137. The van der Waals surface area contributed by atoms with E-state index in [1.165, 1.54) is 12.1 Å². The third-order valence-electron chi connectivity index (χ3n) is 3.90. The van der Waals surface area contributed by atoms with E-state index in [-0.39, 0.29) is 0 Å². The van der Waals surface area contributed by atoms with E-state index in [0.29, 0.717) is 11.3 Å². The van der Waals surface area contributed by atoms with Gasteiger partial charge in [0.1, 0.15) is 11.5 Å². The maximum atomic E-state index is 12.7. The summed E-state index contributed by atoms with van der Waals surface area (Å²) in [6, 6.07) is 16.7. The molecule has 114 valence electrons. The van der Waals surface area contributed by atoms with Gasteiger partial charge in [-0.05, 0) is 35.2 Å². The van der Waals surface area contributed by atoms with Crippen molar-refractivity contribution in [3.63, 3.8) is 0 Å². The van der Waals surface area contributed by atoms with Gasteiger partial charge >= 0.3 is 6.18 Å². The SMILES string of the molecule is FC(F)(F)c1ccc(C2=Cc3cccc4cccc(c34)O2)cc1. The molecular formula is C19H11F3O. The average molecular weight is 312 g/mol. The van der Waals surface area contributed by atoms with E-state index >= 15 is 0 Å². The molecule has 0 fully saturated rings. The van der Waals surface area contributed by atoms with Gasteiger partial charge in [-0.15, -0.1) is 0 Å². The van der Waals surface area contributed by atoms with Crippen molar-refractivity contribution in [2.45, 2.75) is 6.18 Å². The largest absolute Gasteiger partial charge is 0.456 e. The summed E-state index contributed by atoms with van der Waals surface area (Å²) in [6.07, 6.45) is -2.48. The van der Waals surface area contributed by atoms with Gasteiger partial charge < -0.3 is 4.74 Å². The molecule has 0 aromatic heterocycles. The zero-order valence-corrected chi connectivity index (χ0v) is 11.9. The van der Waals surface area contributed by atoms with Gasteiger partial charge in [-0.1, -0.05) is 42.5 Å². The first kappa shape index (κ1) is 13.9. The van der Waals surface area contributed by atoms with Crippen LogP contribution in [-0.2, 0) is 6.18 Å². The summed E-state index contributed by atoms with van der Waals surface area (Å²) in [5, 5.41) is 2.09. The molecular weight excluding hydrogens is 301 g/mol. The molecule has 0 spiro atoms. The van der Waals surface area contributed by atoms with Crippen LogP contribution in [0.5, 0.6) is 5.75 Å². The fourth-order valence-corrected chi connectivity index (χ4v) is 2.79. The maximum Gasteiger partial charge on any atom is 0.416 e. The van der Waals surface area contributed by atoms with Gasteiger partial charge in [0.2, 0.25) is 0 Å². The summed E-state index contributed by atoms with van der Waals surface area (Å²) in [7, 11) is 0. The number of halogens is 3. The van der Waals surface area contributed by atoms with Crippen LogP contribution < -0.4 is 4.74 Å². The highest BCUT2D eigenvalue weighted by molar-refractivity contribution is 6.01. The Balaban J connectivity index is 1.79. The summed E-state index contributed by atoms with van der Waals surface area (Å²) in [6.45, 7) is 0. The molecule has 23 heavy (non-hydrogen) atoms. The Kier molecular flexibility index (Phi) is 2.94. The fourth-order valence-electron chi connectivity index (χ4n) is 2.79. The topological polar surface area (TPSA) is 9.23 Å². The smallest absolute Gasteiger partial charge is 0.416 e. The monoisotopic (exact) mass is 312 g/mol. The van der Waals surface area contributed by atoms with Gasteiger partial charge in [-0.25, -0.2) is 0 Å². The van der Waals surface area contributed by atoms with E-state index in [9.17, 15) is 13.2 Å². The van der Waals surface area contributed by atoms with Crippen molar-refractivity contribution in [3.8, 4) is 5.75 Å². The summed E-state index contributed by atoms with van der Waals surface area (Å²) >= 11 is 0. The molecule has 0 bridgehead atoms. The molecule has 3 aromatic carbocycles. The number of hydrogen-bond donors (Lipinski definition) is 0. The van der Waals surface area contributed by atoms with Crippen molar-refractivity contribution >= 4 is 22.6 Å². The number of hydrogen-bond acceptors (Lipinski definition) is 1. The predicted octanol–water partition coefficient (Wildman–Crippen LogP) is 5.75. The van der Waals surface area contributed by atoms with E-state index in [0.717, 1.165) is 34.2 Å². The molecule has 0 saturated heterocycles. The zero-order chi connectivity index (χ0) is 16.0. The highest BCUT2D eigenvalue weighted by Gasteiger charge is 2.30. The first-order valence-corrected chi connectivity index (χ1v) is 7.11. The summed E-state index contributed by atoms with van der Waals surface area (Å²) in [4.78, 5) is 0. The van der Waals surface area contributed by atoms with E-state index < -0.39 is 11.7 Å². The van der Waals surface area contributed by atoms with Gasteiger partial charge in [0.05, 0.1) is 5.56 Å². The number of benzene rings is 3. The summed E-state index contributed by atoms with van der Waals surface area (Å²) < 4.78 is 43.9. The quantitative estimate of drug-likeness (QED) is 0.556. The standard InChI is InChI=1S/C19H11F3O/c20-19(21,22)15-9-7-12(8-10-15)17-11-14-5-1-3-13-4-2-6-16(23-17)18(13)14/h1-11H. The normalized spacial score (nSPS) is 13.6. The second-order valence-electron chi connectivity index (χ2n) is 5.39. The maximum absolute atomic E-state index is 12.7. The van der Waals surface area contributed by atoms with Crippen molar-refractivity contribution in [2.24, 2.45) is 0 Å². The van der Waals surface area contributed by atoms with E-state index in [1.807, 2.05) is 42.5 Å². The van der Waals surface area contributed by atoms with Gasteiger partial charge in [0.25, 0.3) is 0 Å². The molecule has 0 radical (unpaired) electrons. The van der Waals surface area contributed by atoms with Crippen LogP contribution in [0.1, 0.15) is 16.7 Å². The van der Waals surface area contributed by atoms with Gasteiger partial charge in [-0.3, -0.25) is 0 Å². The van der Waals surface area contributed by atoms with Crippen LogP contribution >= 0.6 is 0 Å². The second kappa shape index (κ2) is 4.88. The summed E-state index contributed by atoms with van der Waals surface area (Å²) in [5.74, 6) is 1.26. The minimum Gasteiger partial charge on any atom is -0.456 e. The van der Waals surface area contributed by atoms with Crippen LogP contribution in [0.4, 0.5) is 13.2 Å². The lowest BCUT2D eigenvalue weighted by atomic mass is 9.99. The van der Waals surface area contributed by atoms with Crippen molar-refractivity contribution in [3.05, 3.63) is 77.4 Å². The molecule has 0 amide bonds. The van der Waals surface area contributed by atoms with E-state index in [2.05, 4.69) is 0 Å². The number of ether oxygens (including phenoxy) is 1.